The largest absolute Gasteiger partial charge is 0.454 e. The van der Waals surface area contributed by atoms with Crippen LogP contribution in [0.2, 0.25) is 0 Å². The second-order valence-corrected chi connectivity index (χ2v) is 7.20. The maximum atomic E-state index is 5.62. The van der Waals surface area contributed by atoms with E-state index in [4.69, 9.17) is 9.47 Å². The van der Waals surface area contributed by atoms with Crippen molar-refractivity contribution >= 4 is 11.3 Å². The van der Waals surface area contributed by atoms with Gasteiger partial charge < -0.3 is 9.47 Å². The Morgan fingerprint density at radius 2 is 2.00 bits per heavy atom. The van der Waals surface area contributed by atoms with Gasteiger partial charge >= 0.3 is 0 Å². The highest BCUT2D eigenvalue weighted by atomic mass is 32.1. The molecular weight excluding hydrogens is 322 g/mol. The van der Waals surface area contributed by atoms with Crippen molar-refractivity contribution in [2.24, 2.45) is 0 Å². The van der Waals surface area contributed by atoms with Gasteiger partial charge in [-0.05, 0) is 54.7 Å². The Morgan fingerprint density at radius 3 is 2.71 bits per heavy atom. The van der Waals surface area contributed by atoms with E-state index in [0.29, 0.717) is 6.54 Å². The summed E-state index contributed by atoms with van der Waals surface area (Å²) in [6.45, 7) is 7.53. The molecule has 0 atom stereocenters. The fraction of sp³-hybridized carbons (Fsp3) is 0.333. The smallest absolute Gasteiger partial charge is 0.231 e. The van der Waals surface area contributed by atoms with E-state index in [1.165, 1.54) is 32.0 Å². The Kier molecular flexibility index (Phi) is 3.76. The second-order valence-electron chi connectivity index (χ2n) is 5.89. The van der Waals surface area contributed by atoms with Gasteiger partial charge in [-0.25, -0.2) is 9.67 Å². The van der Waals surface area contributed by atoms with Gasteiger partial charge in [-0.1, -0.05) is 6.92 Å². The molecule has 0 fully saturated rings. The molecule has 2 aromatic heterocycles. The minimum Gasteiger partial charge on any atom is -0.454 e. The maximum absolute atomic E-state index is 5.62. The standard InChI is InChI=1S/C18H19N3O2S/c1-4-17-18(11(2)12(3)24-17)14-6-16-15(22-10-23-16)5-13(14)7-21-9-19-8-20-21/h5-6,8-9H,4,7,10H2,1-3H3. The van der Waals surface area contributed by atoms with Crippen LogP contribution < -0.4 is 9.47 Å². The number of benzene rings is 1. The number of nitrogens with zero attached hydrogens (tertiary/aromatic N) is 3. The topological polar surface area (TPSA) is 49.2 Å². The lowest BCUT2D eigenvalue weighted by atomic mass is 9.95. The maximum Gasteiger partial charge on any atom is 0.231 e. The minimum absolute atomic E-state index is 0.282. The molecule has 0 spiro atoms. The fourth-order valence-electron chi connectivity index (χ4n) is 3.14. The molecule has 0 N–H and O–H groups in total. The highest BCUT2D eigenvalue weighted by Gasteiger charge is 2.22. The van der Waals surface area contributed by atoms with Gasteiger partial charge in [0.15, 0.2) is 11.5 Å². The fourth-order valence-corrected chi connectivity index (χ4v) is 4.27. The first kappa shape index (κ1) is 15.2. The predicted octanol–water partition coefficient (Wildman–Crippen LogP) is 3.96. The molecule has 1 aliphatic heterocycles. The Morgan fingerprint density at radius 1 is 1.21 bits per heavy atom. The van der Waals surface area contributed by atoms with Crippen LogP contribution in [0.5, 0.6) is 11.5 Å². The van der Waals surface area contributed by atoms with Crippen LogP contribution in [0.15, 0.2) is 24.8 Å². The molecule has 0 bridgehead atoms. The van der Waals surface area contributed by atoms with Gasteiger partial charge in [0.05, 0.1) is 6.54 Å². The first-order chi connectivity index (χ1) is 11.7. The summed E-state index contributed by atoms with van der Waals surface area (Å²) in [7, 11) is 0. The van der Waals surface area contributed by atoms with Crippen molar-refractivity contribution in [1.82, 2.24) is 14.8 Å². The molecular formula is C18H19N3O2S. The van der Waals surface area contributed by atoms with E-state index < -0.39 is 0 Å². The monoisotopic (exact) mass is 341 g/mol. The van der Waals surface area contributed by atoms with E-state index in [-0.39, 0.29) is 6.79 Å². The Hall–Kier alpha value is -2.34. The van der Waals surface area contributed by atoms with E-state index in [9.17, 15) is 0 Å². The number of hydrogen-bond acceptors (Lipinski definition) is 5. The lowest BCUT2D eigenvalue weighted by Crippen LogP contribution is -2.03. The van der Waals surface area contributed by atoms with Crippen molar-refractivity contribution in [2.45, 2.75) is 33.7 Å². The van der Waals surface area contributed by atoms with Gasteiger partial charge in [0.2, 0.25) is 6.79 Å². The Bertz CT molecular complexity index is 884. The van der Waals surface area contributed by atoms with E-state index in [0.717, 1.165) is 17.9 Å². The summed E-state index contributed by atoms with van der Waals surface area (Å²) in [6, 6.07) is 4.19. The first-order valence-corrected chi connectivity index (χ1v) is 8.83. The summed E-state index contributed by atoms with van der Waals surface area (Å²) in [5, 5.41) is 4.25. The molecule has 0 saturated heterocycles. The van der Waals surface area contributed by atoms with Gasteiger partial charge in [-0.3, -0.25) is 0 Å². The molecule has 0 saturated carbocycles. The normalized spacial score (nSPS) is 12.8. The van der Waals surface area contributed by atoms with Crippen LogP contribution in [0.25, 0.3) is 11.1 Å². The van der Waals surface area contributed by atoms with Crippen molar-refractivity contribution in [1.29, 1.82) is 0 Å². The summed E-state index contributed by atoms with van der Waals surface area (Å²) < 4.78 is 13.0. The number of rotatable bonds is 4. The molecule has 1 aromatic carbocycles. The van der Waals surface area contributed by atoms with Crippen molar-refractivity contribution in [2.75, 3.05) is 6.79 Å². The molecule has 3 aromatic rings. The second kappa shape index (κ2) is 5.94. The Labute approximate surface area is 144 Å². The highest BCUT2D eigenvalue weighted by Crippen LogP contribution is 2.43. The summed E-state index contributed by atoms with van der Waals surface area (Å²) in [4.78, 5) is 6.82. The molecule has 3 heterocycles. The third-order valence-electron chi connectivity index (χ3n) is 4.45. The summed E-state index contributed by atoms with van der Waals surface area (Å²) >= 11 is 1.88. The van der Waals surface area contributed by atoms with Crippen LogP contribution in [0.4, 0.5) is 0 Å². The van der Waals surface area contributed by atoms with Crippen LogP contribution in [-0.4, -0.2) is 21.6 Å². The molecule has 0 amide bonds. The number of thiophene rings is 1. The molecule has 1 aliphatic rings. The van der Waals surface area contributed by atoms with Gasteiger partial charge in [0, 0.05) is 9.75 Å². The third kappa shape index (κ3) is 2.47. The van der Waals surface area contributed by atoms with Crippen LogP contribution in [0, 0.1) is 13.8 Å². The molecule has 4 rings (SSSR count). The number of aryl methyl sites for hydroxylation is 2. The Balaban J connectivity index is 1.90. The SMILES string of the molecule is CCc1sc(C)c(C)c1-c1cc2c(cc1Cn1cncn1)OCO2. The zero-order valence-electron chi connectivity index (χ0n) is 14.0. The van der Waals surface area contributed by atoms with Crippen LogP contribution in [0.1, 0.15) is 27.8 Å². The van der Waals surface area contributed by atoms with Gasteiger partial charge in [-0.15, -0.1) is 11.3 Å². The lowest BCUT2D eigenvalue weighted by molar-refractivity contribution is 0.174. The zero-order chi connectivity index (χ0) is 16.7. The molecule has 0 unspecified atom stereocenters. The van der Waals surface area contributed by atoms with E-state index >= 15 is 0 Å². The van der Waals surface area contributed by atoms with Crippen molar-refractivity contribution in [3.8, 4) is 22.6 Å². The molecule has 5 nitrogen and oxygen atoms in total. The molecule has 0 aliphatic carbocycles. The van der Waals surface area contributed by atoms with Crippen molar-refractivity contribution in [3.05, 3.63) is 45.7 Å². The number of aromatic nitrogens is 3. The summed E-state index contributed by atoms with van der Waals surface area (Å²) in [5.41, 5.74) is 5.04. The van der Waals surface area contributed by atoms with Crippen LogP contribution in [0.3, 0.4) is 0 Å². The quantitative estimate of drug-likeness (QED) is 0.721. The average molecular weight is 341 g/mol. The first-order valence-electron chi connectivity index (χ1n) is 8.01. The van der Waals surface area contributed by atoms with Crippen molar-refractivity contribution < 1.29 is 9.47 Å². The van der Waals surface area contributed by atoms with Gasteiger partial charge in [0.1, 0.15) is 12.7 Å². The predicted molar refractivity (Wildman–Crippen MR) is 93.9 cm³/mol. The third-order valence-corrected chi connectivity index (χ3v) is 5.80. The average Bonchev–Trinajstić information content (AvgIpc) is 3.29. The zero-order valence-corrected chi connectivity index (χ0v) is 14.8. The summed E-state index contributed by atoms with van der Waals surface area (Å²) in [6.07, 6.45) is 4.32. The van der Waals surface area contributed by atoms with Gasteiger partial charge in [0.25, 0.3) is 0 Å². The van der Waals surface area contributed by atoms with E-state index in [2.05, 4.69) is 43.0 Å². The number of hydrogen-bond donors (Lipinski definition) is 0. The molecule has 124 valence electrons. The van der Waals surface area contributed by atoms with E-state index in [1.807, 2.05) is 16.0 Å². The van der Waals surface area contributed by atoms with E-state index in [1.54, 1.807) is 12.7 Å². The molecule has 0 radical (unpaired) electrons. The molecule has 6 heteroatoms. The molecule has 24 heavy (non-hydrogen) atoms. The minimum atomic E-state index is 0.282. The number of fused-ring (bicyclic) bond motifs is 1. The summed E-state index contributed by atoms with van der Waals surface area (Å²) in [5.74, 6) is 1.62. The number of ether oxygens (including phenoxy) is 2. The highest BCUT2D eigenvalue weighted by molar-refractivity contribution is 7.12. The lowest BCUT2D eigenvalue weighted by Gasteiger charge is -2.13. The van der Waals surface area contributed by atoms with Crippen molar-refractivity contribution in [3.63, 3.8) is 0 Å². The van der Waals surface area contributed by atoms with Crippen LogP contribution in [-0.2, 0) is 13.0 Å². The van der Waals surface area contributed by atoms with Gasteiger partial charge in [-0.2, -0.15) is 5.10 Å². The van der Waals surface area contributed by atoms with Crippen LogP contribution >= 0.6 is 11.3 Å².